The van der Waals surface area contributed by atoms with E-state index in [0.29, 0.717) is 16.3 Å². The van der Waals surface area contributed by atoms with Crippen molar-refractivity contribution < 1.29 is 18.9 Å². The monoisotopic (exact) mass is 394 g/mol. The molecule has 0 aliphatic rings. The van der Waals surface area contributed by atoms with Gasteiger partial charge in [-0.15, -0.1) is 0 Å². The quantitative estimate of drug-likeness (QED) is 0.493. The van der Waals surface area contributed by atoms with E-state index in [9.17, 15) is 24.1 Å². The van der Waals surface area contributed by atoms with Crippen LogP contribution in [0.4, 0.5) is 21.5 Å². The van der Waals surface area contributed by atoms with Gasteiger partial charge in [-0.2, -0.15) is 4.39 Å². The molecule has 0 radical (unpaired) electrons. The lowest BCUT2D eigenvalue weighted by Gasteiger charge is -2.11. The van der Waals surface area contributed by atoms with Crippen LogP contribution in [0, 0.1) is 22.9 Å². The minimum absolute atomic E-state index is 0.206. The summed E-state index contributed by atoms with van der Waals surface area (Å²) in [6.45, 7) is 1.24. The van der Waals surface area contributed by atoms with Crippen molar-refractivity contribution in [2.45, 2.75) is 6.92 Å². The summed E-state index contributed by atoms with van der Waals surface area (Å²) in [6, 6.07) is 8.25. The third-order valence-corrected chi connectivity index (χ3v) is 3.99. The standard InChI is InChI=1S/C17H16ClFN4O4/c1-10-12(18)3-2-4-14(10)22-17(25)9-21-16(24)8-20-11-5-6-13(19)15(7-11)23(26)27/h2-7,20H,8-9H2,1H3,(H,21,24)(H,22,25). The van der Waals surface area contributed by atoms with E-state index < -0.39 is 28.2 Å². The number of carbonyl (C=O) groups excluding carboxylic acids is 2. The molecule has 2 amide bonds. The Morgan fingerprint density at radius 1 is 1.19 bits per heavy atom. The maximum atomic E-state index is 13.3. The van der Waals surface area contributed by atoms with E-state index in [2.05, 4.69) is 16.0 Å². The lowest BCUT2D eigenvalue weighted by molar-refractivity contribution is -0.387. The molecule has 142 valence electrons. The van der Waals surface area contributed by atoms with Crippen molar-refractivity contribution >= 4 is 40.5 Å². The van der Waals surface area contributed by atoms with E-state index in [-0.39, 0.29) is 18.8 Å². The molecule has 0 aliphatic carbocycles. The van der Waals surface area contributed by atoms with Gasteiger partial charge in [0.15, 0.2) is 0 Å². The third-order valence-electron chi connectivity index (χ3n) is 3.58. The van der Waals surface area contributed by atoms with E-state index in [4.69, 9.17) is 11.6 Å². The number of nitro groups is 1. The summed E-state index contributed by atoms with van der Waals surface area (Å²) < 4.78 is 13.3. The number of hydrogen-bond acceptors (Lipinski definition) is 5. The van der Waals surface area contributed by atoms with E-state index >= 15 is 0 Å². The topological polar surface area (TPSA) is 113 Å². The summed E-state index contributed by atoms with van der Waals surface area (Å²) in [5.41, 5.74) is 0.755. The molecule has 3 N–H and O–H groups in total. The third kappa shape index (κ3) is 5.65. The predicted octanol–water partition coefficient (Wildman–Crippen LogP) is 2.86. The van der Waals surface area contributed by atoms with Gasteiger partial charge in [0.25, 0.3) is 0 Å². The first-order chi connectivity index (χ1) is 12.8. The van der Waals surface area contributed by atoms with Crippen LogP contribution in [0.15, 0.2) is 36.4 Å². The molecule has 0 fully saturated rings. The average Bonchev–Trinajstić information content (AvgIpc) is 2.63. The Morgan fingerprint density at radius 2 is 1.93 bits per heavy atom. The SMILES string of the molecule is Cc1c(Cl)cccc1NC(=O)CNC(=O)CNc1ccc(F)c([N+](=O)[O-])c1. The summed E-state index contributed by atoms with van der Waals surface area (Å²) in [4.78, 5) is 33.5. The summed E-state index contributed by atoms with van der Waals surface area (Å²) in [5.74, 6) is -1.92. The highest BCUT2D eigenvalue weighted by atomic mass is 35.5. The normalized spacial score (nSPS) is 10.2. The zero-order valence-electron chi connectivity index (χ0n) is 14.2. The number of benzene rings is 2. The summed E-state index contributed by atoms with van der Waals surface area (Å²) in [5, 5.41) is 18.9. The van der Waals surface area contributed by atoms with Crippen molar-refractivity contribution in [3.05, 3.63) is 62.9 Å². The molecule has 2 rings (SSSR count). The van der Waals surface area contributed by atoms with Gasteiger partial charge in [-0.1, -0.05) is 17.7 Å². The predicted molar refractivity (Wildman–Crippen MR) is 99.4 cm³/mol. The molecular formula is C17H16ClFN4O4. The van der Waals surface area contributed by atoms with E-state index in [1.165, 1.54) is 6.07 Å². The minimum Gasteiger partial charge on any atom is -0.376 e. The van der Waals surface area contributed by atoms with Crippen molar-refractivity contribution in [3.63, 3.8) is 0 Å². The van der Waals surface area contributed by atoms with Crippen LogP contribution in [-0.4, -0.2) is 29.8 Å². The van der Waals surface area contributed by atoms with Crippen LogP contribution < -0.4 is 16.0 Å². The average molecular weight is 395 g/mol. The fourth-order valence-corrected chi connectivity index (χ4v) is 2.30. The first-order valence-corrected chi connectivity index (χ1v) is 8.15. The number of halogens is 2. The van der Waals surface area contributed by atoms with Crippen molar-refractivity contribution in [1.29, 1.82) is 0 Å². The Labute approximate surface area is 158 Å². The van der Waals surface area contributed by atoms with Crippen LogP contribution in [-0.2, 0) is 9.59 Å². The molecular weight excluding hydrogens is 379 g/mol. The molecule has 2 aromatic rings. The molecule has 0 saturated heterocycles. The largest absolute Gasteiger partial charge is 0.376 e. The van der Waals surface area contributed by atoms with Crippen LogP contribution in [0.5, 0.6) is 0 Å². The van der Waals surface area contributed by atoms with Crippen molar-refractivity contribution in [2.24, 2.45) is 0 Å². The first kappa shape index (κ1) is 20.1. The second kappa shape index (κ2) is 8.95. The fourth-order valence-electron chi connectivity index (χ4n) is 2.12. The van der Waals surface area contributed by atoms with Gasteiger partial charge in [0.2, 0.25) is 17.6 Å². The molecule has 0 atom stereocenters. The van der Waals surface area contributed by atoms with Gasteiger partial charge in [-0.25, -0.2) is 0 Å². The van der Waals surface area contributed by atoms with E-state index in [1.807, 2.05) is 0 Å². The molecule has 0 saturated carbocycles. The number of nitrogens with one attached hydrogen (secondary N) is 3. The number of hydrogen-bond donors (Lipinski definition) is 3. The highest BCUT2D eigenvalue weighted by molar-refractivity contribution is 6.31. The van der Waals surface area contributed by atoms with Crippen LogP contribution in [0.25, 0.3) is 0 Å². The van der Waals surface area contributed by atoms with E-state index in [1.54, 1.807) is 25.1 Å². The van der Waals surface area contributed by atoms with Crippen molar-refractivity contribution in [2.75, 3.05) is 23.7 Å². The highest BCUT2D eigenvalue weighted by Gasteiger charge is 2.15. The number of nitrogens with zero attached hydrogens (tertiary/aromatic N) is 1. The van der Waals surface area contributed by atoms with E-state index in [0.717, 1.165) is 12.1 Å². The minimum atomic E-state index is -0.969. The van der Waals surface area contributed by atoms with Gasteiger partial charge in [-0.05, 0) is 36.8 Å². The molecule has 0 spiro atoms. The number of amides is 2. The molecule has 0 heterocycles. The molecule has 10 heteroatoms. The molecule has 8 nitrogen and oxygen atoms in total. The Kier molecular flexibility index (Phi) is 6.67. The Bertz CT molecular complexity index is 891. The van der Waals surface area contributed by atoms with Gasteiger partial charge in [0.05, 0.1) is 18.0 Å². The Hall–Kier alpha value is -3.20. The summed E-state index contributed by atoms with van der Waals surface area (Å²) >= 11 is 5.97. The number of rotatable bonds is 7. The van der Waals surface area contributed by atoms with Gasteiger partial charge in [-0.3, -0.25) is 19.7 Å². The second-order valence-electron chi connectivity index (χ2n) is 5.51. The van der Waals surface area contributed by atoms with Crippen molar-refractivity contribution in [1.82, 2.24) is 5.32 Å². The Morgan fingerprint density at radius 3 is 2.63 bits per heavy atom. The lowest BCUT2D eigenvalue weighted by Crippen LogP contribution is -2.36. The number of nitro benzene ring substituents is 1. The van der Waals surface area contributed by atoms with Gasteiger partial charge >= 0.3 is 5.69 Å². The lowest BCUT2D eigenvalue weighted by atomic mass is 10.2. The maximum Gasteiger partial charge on any atom is 0.306 e. The Balaban J connectivity index is 1.82. The summed E-state index contributed by atoms with van der Waals surface area (Å²) in [6.07, 6.45) is 0. The van der Waals surface area contributed by atoms with Crippen molar-refractivity contribution in [3.8, 4) is 0 Å². The first-order valence-electron chi connectivity index (χ1n) is 7.77. The smallest absolute Gasteiger partial charge is 0.306 e. The highest BCUT2D eigenvalue weighted by Crippen LogP contribution is 2.23. The molecule has 0 bridgehead atoms. The van der Waals surface area contributed by atoms with Crippen LogP contribution in [0.2, 0.25) is 5.02 Å². The number of carbonyl (C=O) groups is 2. The fraction of sp³-hybridized carbons (Fsp3) is 0.176. The molecule has 0 aromatic heterocycles. The van der Waals surface area contributed by atoms with Gasteiger partial charge in [0, 0.05) is 22.5 Å². The zero-order valence-corrected chi connectivity index (χ0v) is 15.0. The second-order valence-corrected chi connectivity index (χ2v) is 5.92. The molecule has 0 unspecified atom stereocenters. The molecule has 0 aliphatic heterocycles. The van der Waals surface area contributed by atoms with Gasteiger partial charge in [0.1, 0.15) is 0 Å². The van der Waals surface area contributed by atoms with Gasteiger partial charge < -0.3 is 16.0 Å². The zero-order chi connectivity index (χ0) is 20.0. The molecule has 27 heavy (non-hydrogen) atoms. The van der Waals surface area contributed by atoms with Crippen LogP contribution >= 0.6 is 11.6 Å². The number of anilines is 2. The maximum absolute atomic E-state index is 13.3. The van der Waals surface area contributed by atoms with Crippen LogP contribution in [0.3, 0.4) is 0 Å². The summed E-state index contributed by atoms with van der Waals surface area (Å²) in [7, 11) is 0. The molecule has 2 aromatic carbocycles. The van der Waals surface area contributed by atoms with Crippen LogP contribution in [0.1, 0.15) is 5.56 Å².